The molecule has 0 atom stereocenters. The van der Waals surface area contributed by atoms with Gasteiger partial charge in [-0.05, 0) is 0 Å². The number of methoxy groups -OCH3 is 1. The molecule has 1 heterocycles. The van der Waals surface area contributed by atoms with E-state index < -0.39 is 5.91 Å². The lowest BCUT2D eigenvalue weighted by atomic mass is 10.4. The van der Waals surface area contributed by atoms with Gasteiger partial charge >= 0.3 is 0 Å². The van der Waals surface area contributed by atoms with Gasteiger partial charge in [-0.25, -0.2) is 9.97 Å². The Morgan fingerprint density at radius 1 is 1.73 bits per heavy atom. The number of rotatable bonds is 5. The lowest BCUT2D eigenvalue weighted by Gasteiger charge is -2.16. The largest absolute Gasteiger partial charge is 0.383 e. The summed E-state index contributed by atoms with van der Waals surface area (Å²) in [7, 11) is 3.44. The first-order valence-electron chi connectivity index (χ1n) is 4.39. The molecule has 6 heteroatoms. The molecule has 0 saturated heterocycles. The van der Waals surface area contributed by atoms with Crippen LogP contribution in [0.3, 0.4) is 0 Å². The zero-order valence-corrected chi connectivity index (χ0v) is 8.73. The van der Waals surface area contributed by atoms with E-state index in [0.717, 1.165) is 0 Å². The normalized spacial score (nSPS) is 10.0. The number of carbonyl (C=O) groups excluding carboxylic acids is 1. The van der Waals surface area contributed by atoms with Gasteiger partial charge < -0.3 is 15.4 Å². The molecule has 0 unspecified atom stereocenters. The second-order valence-corrected chi connectivity index (χ2v) is 2.94. The maximum atomic E-state index is 10.8. The van der Waals surface area contributed by atoms with Crippen molar-refractivity contribution in [2.45, 2.75) is 0 Å². The van der Waals surface area contributed by atoms with Crippen molar-refractivity contribution in [2.24, 2.45) is 5.73 Å². The highest BCUT2D eigenvalue weighted by atomic mass is 16.5. The van der Waals surface area contributed by atoms with Crippen molar-refractivity contribution < 1.29 is 9.53 Å². The van der Waals surface area contributed by atoms with Gasteiger partial charge in [-0.3, -0.25) is 4.79 Å². The van der Waals surface area contributed by atoms with Crippen LogP contribution in [0, 0.1) is 6.07 Å². The van der Waals surface area contributed by atoms with E-state index in [1.165, 1.54) is 6.20 Å². The monoisotopic (exact) mass is 209 g/mol. The summed E-state index contributed by atoms with van der Waals surface area (Å²) in [5.74, 6) is -0.130. The summed E-state index contributed by atoms with van der Waals surface area (Å²) in [6, 6.07) is 2.81. The smallest absolute Gasteiger partial charge is 0.286 e. The molecule has 0 bridgehead atoms. The topological polar surface area (TPSA) is 81.3 Å². The highest BCUT2D eigenvalue weighted by molar-refractivity contribution is 5.89. The van der Waals surface area contributed by atoms with Gasteiger partial charge in [-0.1, -0.05) is 0 Å². The van der Waals surface area contributed by atoms with Gasteiger partial charge in [0.05, 0.1) is 6.61 Å². The minimum absolute atomic E-state index is 0.00647. The van der Waals surface area contributed by atoms with Crippen molar-refractivity contribution in [1.82, 2.24) is 9.97 Å². The number of nitrogens with zero attached hydrogens (tertiary/aromatic N) is 3. The molecule has 0 fully saturated rings. The van der Waals surface area contributed by atoms with Crippen LogP contribution in [-0.4, -0.2) is 43.2 Å². The Balaban J connectivity index is 2.76. The van der Waals surface area contributed by atoms with Crippen LogP contribution in [0.1, 0.15) is 10.6 Å². The van der Waals surface area contributed by atoms with E-state index in [-0.39, 0.29) is 5.82 Å². The van der Waals surface area contributed by atoms with Crippen LogP contribution in [0.5, 0.6) is 0 Å². The van der Waals surface area contributed by atoms with E-state index in [2.05, 4.69) is 16.0 Å². The highest BCUT2D eigenvalue weighted by Gasteiger charge is 2.07. The highest BCUT2D eigenvalue weighted by Crippen LogP contribution is 2.05. The quantitative estimate of drug-likeness (QED) is 0.704. The minimum Gasteiger partial charge on any atom is -0.383 e. The summed E-state index contributed by atoms with van der Waals surface area (Å²) >= 11 is 0. The fourth-order valence-electron chi connectivity index (χ4n) is 0.961. The second-order valence-electron chi connectivity index (χ2n) is 2.94. The third kappa shape index (κ3) is 3.17. The number of amides is 1. The lowest BCUT2D eigenvalue weighted by molar-refractivity contribution is 0.0990. The van der Waals surface area contributed by atoms with Gasteiger partial charge in [0.2, 0.25) is 5.82 Å². The molecule has 1 amide bonds. The van der Waals surface area contributed by atoms with Gasteiger partial charge in [0.15, 0.2) is 0 Å². The molecule has 0 aliphatic rings. The van der Waals surface area contributed by atoms with Gasteiger partial charge in [0.25, 0.3) is 5.91 Å². The number of ether oxygens (including phenoxy) is 1. The van der Waals surface area contributed by atoms with E-state index in [1.807, 2.05) is 7.05 Å². The first kappa shape index (κ1) is 11.4. The SMILES string of the molecule is COCCN(C)c1[c]cnc(C(N)=O)n1. The summed E-state index contributed by atoms with van der Waals surface area (Å²) in [5.41, 5.74) is 5.06. The number of hydrogen-bond acceptors (Lipinski definition) is 5. The van der Waals surface area contributed by atoms with Crippen molar-refractivity contribution in [1.29, 1.82) is 0 Å². The fraction of sp³-hybridized carbons (Fsp3) is 0.444. The molecule has 0 aliphatic carbocycles. The summed E-state index contributed by atoms with van der Waals surface area (Å²) in [4.78, 5) is 20.3. The van der Waals surface area contributed by atoms with Crippen LogP contribution in [0.4, 0.5) is 5.82 Å². The molecule has 1 radical (unpaired) electrons. The van der Waals surface area contributed by atoms with Crippen molar-refractivity contribution in [2.75, 3.05) is 32.2 Å². The first-order chi connectivity index (χ1) is 7.15. The number of anilines is 1. The molecular formula is C9H13N4O2. The lowest BCUT2D eigenvalue weighted by Crippen LogP contribution is -2.25. The van der Waals surface area contributed by atoms with Crippen LogP contribution < -0.4 is 10.6 Å². The van der Waals surface area contributed by atoms with E-state index >= 15 is 0 Å². The van der Waals surface area contributed by atoms with Crippen LogP contribution in [0.2, 0.25) is 0 Å². The Labute approximate surface area is 88.1 Å². The van der Waals surface area contributed by atoms with Gasteiger partial charge in [-0.15, -0.1) is 0 Å². The third-order valence-electron chi connectivity index (χ3n) is 1.81. The molecule has 0 aliphatic heterocycles. The summed E-state index contributed by atoms with van der Waals surface area (Å²) in [5, 5.41) is 0. The van der Waals surface area contributed by atoms with Crippen molar-refractivity contribution in [3.05, 3.63) is 18.1 Å². The maximum absolute atomic E-state index is 10.8. The molecule has 6 nitrogen and oxygen atoms in total. The first-order valence-corrected chi connectivity index (χ1v) is 4.39. The predicted octanol–water partition coefficient (Wildman–Crippen LogP) is -0.542. The number of likely N-dealkylation sites (N-methyl/N-ethyl adjacent to an activating group) is 1. The van der Waals surface area contributed by atoms with Crippen LogP contribution >= 0.6 is 0 Å². The summed E-state index contributed by atoms with van der Waals surface area (Å²) in [6.45, 7) is 1.22. The van der Waals surface area contributed by atoms with Crippen molar-refractivity contribution >= 4 is 11.7 Å². The summed E-state index contributed by atoms with van der Waals surface area (Å²) in [6.07, 6.45) is 1.38. The van der Waals surface area contributed by atoms with Crippen molar-refractivity contribution in [3.8, 4) is 0 Å². The maximum Gasteiger partial charge on any atom is 0.286 e. The average molecular weight is 209 g/mol. The van der Waals surface area contributed by atoms with E-state index in [0.29, 0.717) is 19.0 Å². The van der Waals surface area contributed by atoms with Crippen LogP contribution in [-0.2, 0) is 4.74 Å². The molecule has 2 N–H and O–H groups in total. The second kappa shape index (κ2) is 5.26. The fourth-order valence-corrected chi connectivity index (χ4v) is 0.961. The zero-order valence-electron chi connectivity index (χ0n) is 8.73. The molecular weight excluding hydrogens is 196 g/mol. The molecule has 15 heavy (non-hydrogen) atoms. The van der Waals surface area contributed by atoms with E-state index in [1.54, 1.807) is 12.0 Å². The van der Waals surface area contributed by atoms with Gasteiger partial charge in [0.1, 0.15) is 5.82 Å². The molecule has 0 saturated carbocycles. The van der Waals surface area contributed by atoms with Gasteiger partial charge in [0, 0.05) is 33.0 Å². The number of hydrogen-bond donors (Lipinski definition) is 1. The molecule has 1 aromatic heterocycles. The Bertz CT molecular complexity index is 343. The molecule has 1 aromatic rings. The number of carbonyl (C=O) groups is 1. The number of nitrogens with two attached hydrogens (primary N) is 1. The Morgan fingerprint density at radius 2 is 2.47 bits per heavy atom. The Hall–Kier alpha value is -1.69. The molecule has 1 rings (SSSR count). The Kier molecular flexibility index (Phi) is 3.99. The predicted molar refractivity (Wildman–Crippen MR) is 54.5 cm³/mol. The molecule has 0 aromatic carbocycles. The minimum atomic E-state index is -0.648. The van der Waals surface area contributed by atoms with Gasteiger partial charge in [-0.2, -0.15) is 0 Å². The number of primary amides is 1. The standard InChI is InChI=1S/C9H13N4O2/c1-13(5-6-15-2)7-3-4-11-9(12-7)8(10)14/h4H,5-6H2,1-2H3,(H2,10,14). The van der Waals surface area contributed by atoms with Crippen molar-refractivity contribution in [3.63, 3.8) is 0 Å². The third-order valence-corrected chi connectivity index (χ3v) is 1.81. The van der Waals surface area contributed by atoms with E-state index in [9.17, 15) is 4.79 Å². The van der Waals surface area contributed by atoms with E-state index in [4.69, 9.17) is 10.5 Å². The van der Waals surface area contributed by atoms with Crippen LogP contribution in [0.15, 0.2) is 6.20 Å². The molecule has 0 spiro atoms. The average Bonchev–Trinajstić information content (AvgIpc) is 2.26. The zero-order chi connectivity index (χ0) is 11.3. The summed E-state index contributed by atoms with van der Waals surface area (Å²) < 4.78 is 4.92. The molecule has 81 valence electrons. The Morgan fingerprint density at radius 3 is 3.07 bits per heavy atom. The van der Waals surface area contributed by atoms with Crippen LogP contribution in [0.25, 0.3) is 0 Å². The number of aromatic nitrogens is 2.